The van der Waals surface area contributed by atoms with Crippen molar-refractivity contribution in [2.75, 3.05) is 0 Å². The minimum atomic E-state index is 1.14. The second kappa shape index (κ2) is 1.55. The van der Waals surface area contributed by atoms with E-state index in [0.717, 1.165) is 11.5 Å². The van der Waals surface area contributed by atoms with Crippen molar-refractivity contribution >= 4 is 11.8 Å². The van der Waals surface area contributed by atoms with E-state index < -0.39 is 0 Å². The molecule has 0 amide bonds. The first-order chi connectivity index (χ1) is 3.97. The molecule has 42 valence electrons. The quantitative estimate of drug-likeness (QED) is 0.527. The second-order valence-electron chi connectivity index (χ2n) is 1.92. The average molecular weight is 126 g/mol. The highest BCUT2D eigenvalue weighted by atomic mass is 32.2. The van der Waals surface area contributed by atoms with E-state index in [0.29, 0.717) is 0 Å². The maximum atomic E-state index is 4.97. The van der Waals surface area contributed by atoms with Crippen LogP contribution in [-0.4, -0.2) is 0 Å². The van der Waals surface area contributed by atoms with Crippen LogP contribution in [0.4, 0.5) is 0 Å². The van der Waals surface area contributed by atoms with Crippen LogP contribution in [0.2, 0.25) is 0 Å². The molecule has 0 fully saturated rings. The molecule has 1 aliphatic rings. The van der Waals surface area contributed by atoms with E-state index in [2.05, 4.69) is 0 Å². The zero-order valence-corrected chi connectivity index (χ0v) is 5.20. The summed E-state index contributed by atoms with van der Waals surface area (Å²) >= 11 is 1.95. The summed E-state index contributed by atoms with van der Waals surface area (Å²) in [5.74, 6) is 2.29. The van der Waals surface area contributed by atoms with Crippen molar-refractivity contribution in [3.8, 4) is 0 Å². The molecule has 0 saturated heterocycles. The van der Waals surface area contributed by atoms with Gasteiger partial charge in [-0.3, -0.25) is 0 Å². The molecule has 0 saturated carbocycles. The third-order valence-corrected chi connectivity index (χ3v) is 2.38. The molecular weight excluding hydrogens is 120 g/mol. The Bertz CT molecular complexity index is 174. The lowest BCUT2D eigenvalue weighted by Crippen LogP contribution is -1.66. The van der Waals surface area contributed by atoms with Crippen LogP contribution in [0.3, 0.4) is 0 Å². The van der Waals surface area contributed by atoms with Crippen molar-refractivity contribution in [1.82, 2.24) is 0 Å². The summed E-state index contributed by atoms with van der Waals surface area (Å²) in [6.45, 7) is 0. The van der Waals surface area contributed by atoms with E-state index in [1.807, 2.05) is 24.3 Å². The first kappa shape index (κ1) is 4.50. The minimum absolute atomic E-state index is 1.14. The van der Waals surface area contributed by atoms with Gasteiger partial charge in [-0.25, -0.2) is 0 Å². The van der Waals surface area contributed by atoms with Gasteiger partial charge in [0.2, 0.25) is 0 Å². The molecule has 0 radical (unpaired) electrons. The van der Waals surface area contributed by atoms with Gasteiger partial charge in [0.25, 0.3) is 0 Å². The van der Waals surface area contributed by atoms with Crippen LogP contribution in [0.1, 0.15) is 11.1 Å². The van der Waals surface area contributed by atoms with Crippen LogP contribution < -0.4 is 0 Å². The molecule has 1 aromatic heterocycles. The highest BCUT2D eigenvalue weighted by Crippen LogP contribution is 2.29. The summed E-state index contributed by atoms with van der Waals surface area (Å²) in [6, 6.07) is 0. The van der Waals surface area contributed by atoms with Crippen LogP contribution in [0.5, 0.6) is 0 Å². The third-order valence-electron chi connectivity index (χ3n) is 1.35. The van der Waals surface area contributed by atoms with Gasteiger partial charge in [-0.2, -0.15) is 11.8 Å². The van der Waals surface area contributed by atoms with Crippen molar-refractivity contribution in [3.63, 3.8) is 0 Å². The molecule has 1 aliphatic heterocycles. The van der Waals surface area contributed by atoms with Crippen molar-refractivity contribution in [3.05, 3.63) is 23.7 Å². The number of hydrogen-bond acceptors (Lipinski definition) is 2. The van der Waals surface area contributed by atoms with E-state index in [1.54, 1.807) is 0 Å². The van der Waals surface area contributed by atoms with E-state index >= 15 is 0 Å². The van der Waals surface area contributed by atoms with Crippen LogP contribution in [0, 0.1) is 0 Å². The zero-order valence-electron chi connectivity index (χ0n) is 4.39. The predicted octanol–water partition coefficient (Wildman–Crippen LogP) is 2.03. The monoisotopic (exact) mass is 126 g/mol. The standard InChI is InChI=1S/C6H6OS/c1-5-3-8-4-6(5)2-7-1/h1-2H,3-4H2. The predicted molar refractivity (Wildman–Crippen MR) is 33.7 cm³/mol. The van der Waals surface area contributed by atoms with Crippen LogP contribution >= 0.6 is 11.8 Å². The number of hydrogen-bond donors (Lipinski definition) is 0. The molecule has 0 unspecified atom stereocenters. The molecule has 1 aromatic rings. The van der Waals surface area contributed by atoms with Crippen LogP contribution in [-0.2, 0) is 11.5 Å². The van der Waals surface area contributed by atoms with E-state index in [-0.39, 0.29) is 0 Å². The molecule has 1 nitrogen and oxygen atoms in total. The fourth-order valence-corrected chi connectivity index (χ4v) is 1.92. The Kier molecular flexibility index (Phi) is 0.875. The van der Waals surface area contributed by atoms with E-state index in [4.69, 9.17) is 4.42 Å². The van der Waals surface area contributed by atoms with Gasteiger partial charge in [0.15, 0.2) is 0 Å². The van der Waals surface area contributed by atoms with Crippen molar-refractivity contribution in [2.24, 2.45) is 0 Å². The van der Waals surface area contributed by atoms with Crippen molar-refractivity contribution < 1.29 is 4.42 Å². The normalized spacial score (nSPS) is 16.5. The van der Waals surface area contributed by atoms with Gasteiger partial charge in [-0.15, -0.1) is 0 Å². The average Bonchev–Trinajstić information content (AvgIpc) is 2.15. The van der Waals surface area contributed by atoms with Gasteiger partial charge < -0.3 is 4.42 Å². The van der Waals surface area contributed by atoms with Crippen molar-refractivity contribution in [1.29, 1.82) is 0 Å². The van der Waals surface area contributed by atoms with Gasteiger partial charge in [0, 0.05) is 22.6 Å². The maximum Gasteiger partial charge on any atom is 0.0946 e. The highest BCUT2D eigenvalue weighted by molar-refractivity contribution is 7.98. The minimum Gasteiger partial charge on any atom is -0.472 e. The summed E-state index contributed by atoms with van der Waals surface area (Å²) in [6.07, 6.45) is 3.69. The van der Waals surface area contributed by atoms with Gasteiger partial charge >= 0.3 is 0 Å². The SMILES string of the molecule is c1occ2c1CSC2. The van der Waals surface area contributed by atoms with Gasteiger partial charge in [0.1, 0.15) is 0 Å². The Morgan fingerprint density at radius 2 is 1.88 bits per heavy atom. The lowest BCUT2D eigenvalue weighted by molar-refractivity contribution is 0.563. The third kappa shape index (κ3) is 0.494. The number of fused-ring (bicyclic) bond motifs is 1. The number of rotatable bonds is 0. The highest BCUT2D eigenvalue weighted by Gasteiger charge is 2.11. The molecule has 0 atom stereocenters. The van der Waals surface area contributed by atoms with Gasteiger partial charge in [0.05, 0.1) is 12.5 Å². The van der Waals surface area contributed by atoms with Gasteiger partial charge in [-0.1, -0.05) is 0 Å². The Morgan fingerprint density at radius 1 is 1.25 bits per heavy atom. The molecular formula is C6H6OS. The molecule has 0 bridgehead atoms. The summed E-state index contributed by atoms with van der Waals surface area (Å²) in [4.78, 5) is 0. The fourth-order valence-electron chi connectivity index (χ4n) is 0.874. The first-order valence-electron chi connectivity index (χ1n) is 2.58. The maximum absolute atomic E-state index is 4.97. The fraction of sp³-hybridized carbons (Fsp3) is 0.333. The molecule has 0 aromatic carbocycles. The Hall–Kier alpha value is -0.370. The Balaban J connectivity index is 2.54. The first-order valence-corrected chi connectivity index (χ1v) is 3.74. The number of furan rings is 1. The number of thioether (sulfide) groups is 1. The topological polar surface area (TPSA) is 13.1 Å². The Morgan fingerprint density at radius 3 is 2.50 bits per heavy atom. The van der Waals surface area contributed by atoms with Crippen molar-refractivity contribution in [2.45, 2.75) is 11.5 Å². The molecule has 2 rings (SSSR count). The summed E-state index contributed by atoms with van der Waals surface area (Å²) < 4.78 is 4.97. The molecule has 0 N–H and O–H groups in total. The summed E-state index contributed by atoms with van der Waals surface area (Å²) in [7, 11) is 0. The van der Waals surface area contributed by atoms with Crippen LogP contribution in [0.15, 0.2) is 16.9 Å². The molecule has 0 spiro atoms. The zero-order chi connectivity index (χ0) is 5.40. The lowest BCUT2D eigenvalue weighted by atomic mass is 10.2. The smallest absolute Gasteiger partial charge is 0.0946 e. The van der Waals surface area contributed by atoms with E-state index in [9.17, 15) is 0 Å². The van der Waals surface area contributed by atoms with E-state index in [1.165, 1.54) is 11.1 Å². The molecule has 2 heteroatoms. The largest absolute Gasteiger partial charge is 0.472 e. The summed E-state index contributed by atoms with van der Waals surface area (Å²) in [5.41, 5.74) is 2.77. The molecule has 2 heterocycles. The Labute approximate surface area is 52.1 Å². The van der Waals surface area contributed by atoms with Crippen LogP contribution in [0.25, 0.3) is 0 Å². The van der Waals surface area contributed by atoms with Gasteiger partial charge in [-0.05, 0) is 0 Å². The second-order valence-corrected chi connectivity index (χ2v) is 2.90. The lowest BCUT2D eigenvalue weighted by Gasteiger charge is -1.77. The summed E-state index contributed by atoms with van der Waals surface area (Å²) in [5, 5.41) is 0. The molecule has 8 heavy (non-hydrogen) atoms. The molecule has 0 aliphatic carbocycles.